The Morgan fingerprint density at radius 2 is 1.62 bits per heavy atom. The highest BCUT2D eigenvalue weighted by Gasteiger charge is 2.16. The summed E-state index contributed by atoms with van der Waals surface area (Å²) >= 11 is 0. The average Bonchev–Trinajstić information content (AvgIpc) is 2.63. The first-order valence-corrected chi connectivity index (χ1v) is 9.31. The van der Waals surface area contributed by atoms with Gasteiger partial charge in [-0.3, -0.25) is 4.90 Å². The summed E-state index contributed by atoms with van der Waals surface area (Å²) in [6.45, 7) is 16.0. The molecule has 5 nitrogen and oxygen atoms in total. The van der Waals surface area contributed by atoms with Crippen LogP contribution in [-0.4, -0.2) is 49.7 Å². The molecule has 6 heteroatoms. The number of ether oxygens (including phenoxy) is 1. The van der Waals surface area contributed by atoms with Crippen molar-refractivity contribution in [3.05, 3.63) is 35.4 Å². The van der Waals surface area contributed by atoms with Crippen LogP contribution in [0.15, 0.2) is 29.3 Å². The van der Waals surface area contributed by atoms with E-state index in [2.05, 4.69) is 79.4 Å². The molecular weight excluding hydrogens is 439 g/mol. The number of nitrogens with zero attached hydrogens (tertiary/aromatic N) is 2. The van der Waals surface area contributed by atoms with Gasteiger partial charge in [0.2, 0.25) is 0 Å². The van der Waals surface area contributed by atoms with Gasteiger partial charge in [0.25, 0.3) is 0 Å². The van der Waals surface area contributed by atoms with Crippen LogP contribution in [-0.2, 0) is 17.8 Å². The average molecular weight is 476 g/mol. The summed E-state index contributed by atoms with van der Waals surface area (Å²) in [5.41, 5.74) is 2.34. The van der Waals surface area contributed by atoms with E-state index in [1.54, 1.807) is 7.11 Å². The van der Waals surface area contributed by atoms with Gasteiger partial charge >= 0.3 is 0 Å². The molecule has 0 aliphatic carbocycles. The Kier molecular flexibility index (Phi) is 12.9. The van der Waals surface area contributed by atoms with Crippen molar-refractivity contribution >= 4 is 29.9 Å². The molecule has 0 saturated heterocycles. The van der Waals surface area contributed by atoms with E-state index in [1.807, 2.05) is 0 Å². The minimum Gasteiger partial charge on any atom is -0.377 e. The fraction of sp³-hybridized carbons (Fsp3) is 0.650. The SMILES string of the molecule is CCNC(=NCc1ccc(CN(CC)CC)cc1)NCC(C)(C)OC.I. The highest BCUT2D eigenvalue weighted by molar-refractivity contribution is 14.0. The molecule has 0 spiro atoms. The Balaban J connectivity index is 0.00000625. The number of hydrogen-bond acceptors (Lipinski definition) is 3. The van der Waals surface area contributed by atoms with Crippen LogP contribution in [0.2, 0.25) is 0 Å². The van der Waals surface area contributed by atoms with Gasteiger partial charge in [0.1, 0.15) is 0 Å². The maximum absolute atomic E-state index is 5.44. The van der Waals surface area contributed by atoms with Crippen molar-refractivity contribution in [2.75, 3.05) is 33.3 Å². The van der Waals surface area contributed by atoms with Crippen molar-refractivity contribution in [1.82, 2.24) is 15.5 Å². The number of methoxy groups -OCH3 is 1. The van der Waals surface area contributed by atoms with Crippen molar-refractivity contribution in [2.45, 2.75) is 53.3 Å². The first-order valence-electron chi connectivity index (χ1n) is 9.31. The van der Waals surface area contributed by atoms with Crippen LogP contribution in [0.1, 0.15) is 45.7 Å². The molecule has 150 valence electrons. The molecule has 1 aromatic rings. The molecule has 0 saturated carbocycles. The number of benzene rings is 1. The van der Waals surface area contributed by atoms with Crippen molar-refractivity contribution < 1.29 is 4.74 Å². The van der Waals surface area contributed by atoms with Crippen molar-refractivity contribution in [1.29, 1.82) is 0 Å². The standard InChI is InChI=1S/C20H36N4O.HI/c1-7-21-19(23-16-20(4,5)25-6)22-14-17-10-12-18(13-11-17)15-24(8-2)9-3;/h10-13H,7-9,14-16H2,1-6H3,(H2,21,22,23);1H. The number of rotatable bonds is 10. The molecule has 0 unspecified atom stereocenters. The van der Waals surface area contributed by atoms with Crippen LogP contribution in [0.4, 0.5) is 0 Å². The lowest BCUT2D eigenvalue weighted by Crippen LogP contribution is -2.45. The highest BCUT2D eigenvalue weighted by Crippen LogP contribution is 2.09. The number of nitrogens with one attached hydrogen (secondary N) is 2. The van der Waals surface area contributed by atoms with Crippen LogP contribution < -0.4 is 10.6 Å². The molecule has 0 atom stereocenters. The molecule has 0 aromatic heterocycles. The summed E-state index contributed by atoms with van der Waals surface area (Å²) in [6, 6.07) is 8.76. The van der Waals surface area contributed by atoms with E-state index in [-0.39, 0.29) is 29.6 Å². The Hall–Kier alpha value is -0.860. The van der Waals surface area contributed by atoms with Gasteiger partial charge in [0, 0.05) is 26.7 Å². The molecule has 2 N–H and O–H groups in total. The third-order valence-electron chi connectivity index (χ3n) is 4.32. The van der Waals surface area contributed by atoms with Gasteiger partial charge < -0.3 is 15.4 Å². The summed E-state index contributed by atoms with van der Waals surface area (Å²) in [5.74, 6) is 0.819. The molecular formula is C20H37IN4O. The molecule has 26 heavy (non-hydrogen) atoms. The van der Waals surface area contributed by atoms with Crippen LogP contribution in [0.3, 0.4) is 0 Å². The molecule has 0 bridgehead atoms. The first-order chi connectivity index (χ1) is 11.9. The fourth-order valence-electron chi connectivity index (χ4n) is 2.34. The maximum atomic E-state index is 5.44. The number of guanidine groups is 1. The lowest BCUT2D eigenvalue weighted by atomic mass is 10.1. The van der Waals surface area contributed by atoms with E-state index >= 15 is 0 Å². The van der Waals surface area contributed by atoms with E-state index in [0.29, 0.717) is 13.1 Å². The van der Waals surface area contributed by atoms with Gasteiger partial charge in [0.05, 0.1) is 12.1 Å². The zero-order chi connectivity index (χ0) is 18.7. The van der Waals surface area contributed by atoms with Crippen LogP contribution in [0.25, 0.3) is 0 Å². The zero-order valence-corrected chi connectivity index (χ0v) is 19.6. The molecule has 0 heterocycles. The predicted molar refractivity (Wildman–Crippen MR) is 122 cm³/mol. The minimum atomic E-state index is -0.220. The Morgan fingerprint density at radius 3 is 2.12 bits per heavy atom. The summed E-state index contributed by atoms with van der Waals surface area (Å²) in [7, 11) is 1.73. The van der Waals surface area contributed by atoms with Crippen molar-refractivity contribution in [2.24, 2.45) is 4.99 Å². The fourth-order valence-corrected chi connectivity index (χ4v) is 2.34. The molecule has 0 amide bonds. The second-order valence-corrected chi connectivity index (χ2v) is 6.79. The number of aliphatic imine (C=N–C) groups is 1. The van der Waals surface area contributed by atoms with Crippen LogP contribution >= 0.6 is 24.0 Å². The topological polar surface area (TPSA) is 48.9 Å². The quantitative estimate of drug-likeness (QED) is 0.308. The smallest absolute Gasteiger partial charge is 0.191 e. The molecule has 1 rings (SSSR count). The molecule has 0 aliphatic rings. The van der Waals surface area contributed by atoms with Gasteiger partial charge in [-0.2, -0.15) is 0 Å². The lowest BCUT2D eigenvalue weighted by Gasteiger charge is -2.24. The molecule has 1 aromatic carbocycles. The van der Waals surface area contributed by atoms with Gasteiger partial charge in [-0.05, 0) is 45.0 Å². The van der Waals surface area contributed by atoms with Gasteiger partial charge in [0.15, 0.2) is 5.96 Å². The lowest BCUT2D eigenvalue weighted by molar-refractivity contribution is 0.0268. The number of halogens is 1. The third kappa shape index (κ3) is 9.73. The predicted octanol–water partition coefficient (Wildman–Crippen LogP) is 3.63. The molecule has 0 radical (unpaired) electrons. The monoisotopic (exact) mass is 476 g/mol. The second-order valence-electron chi connectivity index (χ2n) is 6.79. The van der Waals surface area contributed by atoms with E-state index in [4.69, 9.17) is 4.74 Å². The Bertz CT molecular complexity index is 513. The van der Waals surface area contributed by atoms with Gasteiger partial charge in [-0.15, -0.1) is 24.0 Å². The Morgan fingerprint density at radius 1 is 1.04 bits per heavy atom. The third-order valence-corrected chi connectivity index (χ3v) is 4.32. The van der Waals surface area contributed by atoms with Crippen molar-refractivity contribution in [3.8, 4) is 0 Å². The minimum absolute atomic E-state index is 0. The van der Waals surface area contributed by atoms with E-state index in [1.165, 1.54) is 11.1 Å². The second kappa shape index (κ2) is 13.3. The van der Waals surface area contributed by atoms with Crippen molar-refractivity contribution in [3.63, 3.8) is 0 Å². The van der Waals surface area contributed by atoms with Gasteiger partial charge in [-0.1, -0.05) is 38.1 Å². The summed E-state index contributed by atoms with van der Waals surface area (Å²) in [6.07, 6.45) is 0. The maximum Gasteiger partial charge on any atom is 0.191 e. The summed E-state index contributed by atoms with van der Waals surface area (Å²) in [4.78, 5) is 7.09. The van der Waals surface area contributed by atoms with Crippen LogP contribution in [0.5, 0.6) is 0 Å². The zero-order valence-electron chi connectivity index (χ0n) is 17.3. The molecule has 0 fully saturated rings. The van der Waals surface area contributed by atoms with E-state index < -0.39 is 0 Å². The molecule has 0 aliphatic heterocycles. The van der Waals surface area contributed by atoms with E-state index in [9.17, 15) is 0 Å². The largest absolute Gasteiger partial charge is 0.377 e. The van der Waals surface area contributed by atoms with E-state index in [0.717, 1.165) is 32.1 Å². The van der Waals surface area contributed by atoms with Crippen LogP contribution in [0, 0.1) is 0 Å². The summed E-state index contributed by atoms with van der Waals surface area (Å²) in [5, 5.41) is 6.62. The highest BCUT2D eigenvalue weighted by atomic mass is 127. The number of hydrogen-bond donors (Lipinski definition) is 2. The Labute approximate surface area is 177 Å². The summed E-state index contributed by atoms with van der Waals surface area (Å²) < 4.78 is 5.44. The van der Waals surface area contributed by atoms with Gasteiger partial charge in [-0.25, -0.2) is 4.99 Å². The first kappa shape index (κ1) is 25.1. The normalized spacial score (nSPS) is 12.0.